The Labute approximate surface area is 280 Å². The number of methoxy groups -OCH3 is 1. The number of nitro groups is 1. The Morgan fingerprint density at radius 1 is 1.04 bits per heavy atom. The SMILES string of the molecule is CCN(CC)C(=O)C1=C(C)N=c2s/c(=C/c3cccc(OCc4ccc([N+](=O)[O-])cc4)c3)c(=O)n2[C@H]1c1c(OC)ccc2ccccc12. The van der Waals surface area contributed by atoms with Crippen molar-refractivity contribution in [2.45, 2.75) is 33.4 Å². The molecule has 0 saturated heterocycles. The average Bonchev–Trinajstić information content (AvgIpc) is 3.40. The second-order valence-corrected chi connectivity index (χ2v) is 12.3. The van der Waals surface area contributed by atoms with E-state index in [2.05, 4.69) is 0 Å². The van der Waals surface area contributed by atoms with Gasteiger partial charge in [-0.05, 0) is 79.1 Å². The van der Waals surface area contributed by atoms with E-state index in [0.717, 1.165) is 27.5 Å². The van der Waals surface area contributed by atoms with Crippen LogP contribution in [0.1, 0.15) is 43.5 Å². The highest BCUT2D eigenvalue weighted by atomic mass is 32.1. The van der Waals surface area contributed by atoms with E-state index in [1.54, 1.807) is 34.8 Å². The Balaban J connectivity index is 1.45. The minimum atomic E-state index is -0.770. The van der Waals surface area contributed by atoms with Gasteiger partial charge in [0.2, 0.25) is 0 Å². The molecule has 244 valence electrons. The van der Waals surface area contributed by atoms with Gasteiger partial charge < -0.3 is 14.4 Å². The molecule has 4 aromatic carbocycles. The van der Waals surface area contributed by atoms with Crippen molar-refractivity contribution in [1.29, 1.82) is 0 Å². The van der Waals surface area contributed by atoms with Crippen LogP contribution in [0.25, 0.3) is 16.8 Å². The van der Waals surface area contributed by atoms with E-state index in [1.807, 2.05) is 81.4 Å². The summed E-state index contributed by atoms with van der Waals surface area (Å²) in [5.74, 6) is 0.982. The highest BCUT2D eigenvalue weighted by Gasteiger charge is 2.36. The van der Waals surface area contributed by atoms with Crippen LogP contribution in [0.4, 0.5) is 5.69 Å². The number of hydrogen-bond donors (Lipinski definition) is 0. The van der Waals surface area contributed by atoms with Crippen LogP contribution in [0.3, 0.4) is 0 Å². The number of amides is 1. The molecule has 1 aromatic heterocycles. The smallest absolute Gasteiger partial charge is 0.271 e. The molecule has 0 unspecified atom stereocenters. The minimum absolute atomic E-state index is 0.0167. The molecule has 6 rings (SSSR count). The standard InChI is InChI=1S/C37H34N4O6S/c1-5-39(6-2)36(43)32-23(3)38-37-40(34(32)33-29-13-8-7-11-26(29)16-19-30(33)46-4)35(42)31(48-37)21-25-10-9-12-28(20-25)47-22-24-14-17-27(18-15-24)41(44)45/h7-21,34H,5-6,22H2,1-4H3/b31-21+/t34-/m1/s1. The van der Waals surface area contributed by atoms with Gasteiger partial charge in [-0.25, -0.2) is 4.99 Å². The third-order valence-electron chi connectivity index (χ3n) is 8.44. The van der Waals surface area contributed by atoms with Crippen LogP contribution < -0.4 is 24.4 Å². The van der Waals surface area contributed by atoms with Crippen LogP contribution in [-0.4, -0.2) is 40.5 Å². The maximum Gasteiger partial charge on any atom is 0.271 e. The van der Waals surface area contributed by atoms with Gasteiger partial charge in [0, 0.05) is 30.8 Å². The minimum Gasteiger partial charge on any atom is -0.496 e. The van der Waals surface area contributed by atoms with E-state index in [-0.39, 0.29) is 23.8 Å². The van der Waals surface area contributed by atoms with Crippen LogP contribution in [0, 0.1) is 10.1 Å². The number of hydrogen-bond acceptors (Lipinski definition) is 8. The highest BCUT2D eigenvalue weighted by Crippen LogP contribution is 2.40. The van der Waals surface area contributed by atoms with Crippen molar-refractivity contribution in [3.63, 3.8) is 0 Å². The molecular formula is C37H34N4O6S. The van der Waals surface area contributed by atoms with Gasteiger partial charge in [-0.3, -0.25) is 24.3 Å². The molecule has 5 aromatic rings. The molecule has 1 aliphatic heterocycles. The summed E-state index contributed by atoms with van der Waals surface area (Å²) in [6.07, 6.45) is 1.80. The monoisotopic (exact) mass is 662 g/mol. The van der Waals surface area contributed by atoms with Crippen LogP contribution in [-0.2, 0) is 11.4 Å². The van der Waals surface area contributed by atoms with E-state index in [0.29, 0.717) is 45.2 Å². The molecule has 0 bridgehead atoms. The molecular weight excluding hydrogens is 628 g/mol. The Morgan fingerprint density at radius 2 is 1.79 bits per heavy atom. The fourth-order valence-corrected chi connectivity index (χ4v) is 7.06. The van der Waals surface area contributed by atoms with Gasteiger partial charge in [0.15, 0.2) is 4.80 Å². The Kier molecular flexibility index (Phi) is 9.22. The van der Waals surface area contributed by atoms with Crippen molar-refractivity contribution in [3.8, 4) is 11.5 Å². The van der Waals surface area contributed by atoms with Crippen LogP contribution in [0.2, 0.25) is 0 Å². The van der Waals surface area contributed by atoms with Gasteiger partial charge in [-0.1, -0.05) is 53.8 Å². The Morgan fingerprint density at radius 3 is 2.50 bits per heavy atom. The van der Waals surface area contributed by atoms with E-state index in [4.69, 9.17) is 14.5 Å². The molecule has 1 aliphatic rings. The number of ether oxygens (including phenoxy) is 2. The summed E-state index contributed by atoms with van der Waals surface area (Å²) in [7, 11) is 1.59. The number of benzene rings is 4. The quantitative estimate of drug-likeness (QED) is 0.139. The molecule has 0 saturated carbocycles. The first-order valence-electron chi connectivity index (χ1n) is 15.6. The van der Waals surface area contributed by atoms with Crippen molar-refractivity contribution in [2.24, 2.45) is 4.99 Å². The predicted octanol–water partition coefficient (Wildman–Crippen LogP) is 5.75. The van der Waals surface area contributed by atoms with E-state index < -0.39 is 11.0 Å². The number of allylic oxidation sites excluding steroid dienone is 1. The zero-order valence-corrected chi connectivity index (χ0v) is 27.8. The number of carbonyl (C=O) groups is 1. The molecule has 0 aliphatic carbocycles. The van der Waals surface area contributed by atoms with E-state index in [1.165, 1.54) is 23.5 Å². The number of likely N-dealkylation sites (N-methyl/N-ethyl adjacent to an activating group) is 1. The number of rotatable bonds is 10. The fraction of sp³-hybridized carbons (Fsp3) is 0.216. The van der Waals surface area contributed by atoms with Crippen molar-refractivity contribution < 1.29 is 19.2 Å². The van der Waals surface area contributed by atoms with Crippen LogP contribution >= 0.6 is 11.3 Å². The first-order valence-corrected chi connectivity index (χ1v) is 16.4. The largest absolute Gasteiger partial charge is 0.496 e. The van der Waals surface area contributed by atoms with Crippen molar-refractivity contribution >= 4 is 39.8 Å². The van der Waals surface area contributed by atoms with Crippen molar-refractivity contribution in [2.75, 3.05) is 20.2 Å². The van der Waals surface area contributed by atoms with Gasteiger partial charge in [-0.2, -0.15) is 0 Å². The number of nitrogens with zero attached hydrogens (tertiary/aromatic N) is 4. The van der Waals surface area contributed by atoms with Crippen molar-refractivity contribution in [1.82, 2.24) is 9.47 Å². The number of carbonyl (C=O) groups excluding carboxylic acids is 1. The lowest BCUT2D eigenvalue weighted by Gasteiger charge is -2.30. The maximum absolute atomic E-state index is 14.4. The number of aromatic nitrogens is 1. The third-order valence-corrected chi connectivity index (χ3v) is 9.42. The summed E-state index contributed by atoms with van der Waals surface area (Å²) in [6.45, 7) is 6.94. The summed E-state index contributed by atoms with van der Waals surface area (Å²) in [4.78, 5) is 46.2. The Bertz CT molecular complexity index is 2250. The molecule has 11 heteroatoms. The first-order chi connectivity index (χ1) is 23.2. The van der Waals surface area contributed by atoms with E-state index in [9.17, 15) is 19.7 Å². The summed E-state index contributed by atoms with van der Waals surface area (Å²) in [6, 6.07) is 24.5. The van der Waals surface area contributed by atoms with Crippen LogP contribution in [0.15, 0.2) is 106 Å². The zero-order chi connectivity index (χ0) is 33.9. The molecule has 0 fully saturated rings. The molecule has 1 amide bonds. The molecule has 2 heterocycles. The topological polar surface area (TPSA) is 116 Å². The molecule has 10 nitrogen and oxygen atoms in total. The number of thiazole rings is 1. The average molecular weight is 663 g/mol. The molecule has 48 heavy (non-hydrogen) atoms. The fourth-order valence-electron chi connectivity index (χ4n) is 6.01. The molecule has 0 radical (unpaired) electrons. The normalized spacial score (nSPS) is 14.4. The summed E-state index contributed by atoms with van der Waals surface area (Å²) >= 11 is 1.26. The maximum atomic E-state index is 14.4. The first kappa shape index (κ1) is 32.4. The molecule has 0 N–H and O–H groups in total. The van der Waals surface area contributed by atoms with Gasteiger partial charge in [-0.15, -0.1) is 0 Å². The number of nitro benzene ring substituents is 1. The zero-order valence-electron chi connectivity index (χ0n) is 27.0. The second-order valence-electron chi connectivity index (χ2n) is 11.2. The summed E-state index contributed by atoms with van der Waals surface area (Å²) in [5, 5.41) is 12.8. The van der Waals surface area contributed by atoms with E-state index >= 15 is 0 Å². The lowest BCUT2D eigenvalue weighted by molar-refractivity contribution is -0.384. The molecule has 1 atom stereocenters. The lowest BCUT2D eigenvalue weighted by Crippen LogP contribution is -2.43. The Hall–Kier alpha value is -5.55. The molecule has 0 spiro atoms. The lowest BCUT2D eigenvalue weighted by atomic mass is 9.90. The second kappa shape index (κ2) is 13.7. The third kappa shape index (κ3) is 6.12. The van der Waals surface area contributed by atoms with Crippen LogP contribution in [0.5, 0.6) is 11.5 Å². The van der Waals surface area contributed by atoms with Gasteiger partial charge >= 0.3 is 0 Å². The number of non-ortho nitro benzene ring substituents is 1. The number of fused-ring (bicyclic) bond motifs is 2. The summed E-state index contributed by atoms with van der Waals surface area (Å²) in [5.41, 5.74) is 3.01. The van der Waals surface area contributed by atoms with Gasteiger partial charge in [0.1, 0.15) is 24.1 Å². The predicted molar refractivity (Wildman–Crippen MR) is 186 cm³/mol. The highest BCUT2D eigenvalue weighted by molar-refractivity contribution is 7.07. The van der Waals surface area contributed by atoms with Gasteiger partial charge in [0.05, 0.1) is 27.8 Å². The van der Waals surface area contributed by atoms with Crippen molar-refractivity contribution in [3.05, 3.63) is 143 Å². The summed E-state index contributed by atoms with van der Waals surface area (Å²) < 4.78 is 13.9. The van der Waals surface area contributed by atoms with Gasteiger partial charge in [0.25, 0.3) is 17.2 Å².